The lowest BCUT2D eigenvalue weighted by Gasteiger charge is -2.38. The maximum absolute atomic E-state index is 11.0. The molecule has 0 N–H and O–H groups in total. The zero-order valence-corrected chi connectivity index (χ0v) is 19.7. The largest absolute Gasteiger partial charge is 0.371 e. The Morgan fingerprint density at radius 3 is 1.56 bits per heavy atom. The van der Waals surface area contributed by atoms with Gasteiger partial charge in [0.1, 0.15) is 5.78 Å². The molecule has 0 amide bonds. The first-order valence-corrected chi connectivity index (χ1v) is 12.1. The third-order valence-electron chi connectivity index (χ3n) is 5.90. The summed E-state index contributed by atoms with van der Waals surface area (Å²) in [5, 5.41) is 0. The molecule has 5 nitrogen and oxygen atoms in total. The standard InChI is InChI=1S/C13H17NO2.C11H13NO.C3H8/c1-2-4-12(5-3-1)14-8-6-13(7-9-14)15-10-11-16-13;13-11-6-8-12(9-7-11)10-4-2-1-3-5-10;1-3-2/h1-5H,6-11H2;1-5H,6-9H2;3H2,1-2H3. The van der Waals surface area contributed by atoms with Gasteiger partial charge < -0.3 is 19.3 Å². The summed E-state index contributed by atoms with van der Waals surface area (Å²) in [6, 6.07) is 20.8. The highest BCUT2D eigenvalue weighted by Crippen LogP contribution is 2.32. The Kier molecular flexibility index (Phi) is 9.57. The van der Waals surface area contributed by atoms with Crippen molar-refractivity contribution in [1.29, 1.82) is 0 Å². The van der Waals surface area contributed by atoms with E-state index in [0.717, 1.165) is 52.2 Å². The molecule has 1 spiro atoms. The number of para-hydroxylation sites is 2. The lowest BCUT2D eigenvalue weighted by atomic mass is 10.0. The quantitative estimate of drug-likeness (QED) is 0.636. The van der Waals surface area contributed by atoms with E-state index >= 15 is 0 Å². The number of nitrogens with zero attached hydrogens (tertiary/aromatic N) is 2. The van der Waals surface area contributed by atoms with Gasteiger partial charge in [0, 0.05) is 63.2 Å². The Labute approximate surface area is 193 Å². The van der Waals surface area contributed by atoms with Crippen molar-refractivity contribution < 1.29 is 14.3 Å². The van der Waals surface area contributed by atoms with Crippen LogP contribution < -0.4 is 9.80 Å². The number of Topliss-reactive ketones (excluding diaryl/α,β-unsaturated/α-hetero) is 1. The summed E-state index contributed by atoms with van der Waals surface area (Å²) in [5.74, 6) is 0.137. The van der Waals surface area contributed by atoms with Crippen LogP contribution in [0.25, 0.3) is 0 Å². The first-order valence-electron chi connectivity index (χ1n) is 12.1. The number of carbonyl (C=O) groups excluding carboxylic acids is 1. The number of hydrogen-bond acceptors (Lipinski definition) is 5. The van der Waals surface area contributed by atoms with Crippen LogP contribution in [0.3, 0.4) is 0 Å². The minimum atomic E-state index is -0.259. The molecule has 3 aliphatic heterocycles. The van der Waals surface area contributed by atoms with E-state index in [1.807, 2.05) is 18.2 Å². The van der Waals surface area contributed by atoms with Gasteiger partial charge in [0.2, 0.25) is 0 Å². The Morgan fingerprint density at radius 1 is 0.719 bits per heavy atom. The molecule has 0 aliphatic carbocycles. The van der Waals surface area contributed by atoms with Gasteiger partial charge in [-0.25, -0.2) is 0 Å². The Morgan fingerprint density at radius 2 is 1.12 bits per heavy atom. The Bertz CT molecular complexity index is 771. The molecule has 0 aromatic heterocycles. The lowest BCUT2D eigenvalue weighted by Crippen LogP contribution is -2.45. The molecule has 32 heavy (non-hydrogen) atoms. The van der Waals surface area contributed by atoms with E-state index in [1.54, 1.807) is 0 Å². The fourth-order valence-corrected chi connectivity index (χ4v) is 4.18. The third-order valence-corrected chi connectivity index (χ3v) is 5.90. The maximum atomic E-state index is 11.0. The molecule has 5 heteroatoms. The molecule has 3 fully saturated rings. The van der Waals surface area contributed by atoms with Crippen LogP contribution in [0.4, 0.5) is 11.4 Å². The maximum Gasteiger partial charge on any atom is 0.171 e. The van der Waals surface area contributed by atoms with Gasteiger partial charge in [0.05, 0.1) is 13.2 Å². The van der Waals surface area contributed by atoms with E-state index in [2.05, 4.69) is 66.1 Å². The van der Waals surface area contributed by atoms with Gasteiger partial charge in [-0.2, -0.15) is 0 Å². The van der Waals surface area contributed by atoms with E-state index in [4.69, 9.17) is 9.47 Å². The van der Waals surface area contributed by atoms with Gasteiger partial charge in [-0.1, -0.05) is 56.7 Å². The van der Waals surface area contributed by atoms with E-state index in [0.29, 0.717) is 18.6 Å². The SMILES string of the molecule is CCC.O=C1CCN(c2ccccc2)CC1.c1ccc(N2CCC3(CC2)OCCO3)cc1. The summed E-state index contributed by atoms with van der Waals surface area (Å²) in [6.45, 7) is 9.55. The van der Waals surface area contributed by atoms with Crippen LogP contribution in [0.15, 0.2) is 60.7 Å². The van der Waals surface area contributed by atoms with Crippen molar-refractivity contribution in [2.24, 2.45) is 0 Å². The zero-order chi connectivity index (χ0) is 22.7. The average Bonchev–Trinajstić information content (AvgIpc) is 3.30. The van der Waals surface area contributed by atoms with Gasteiger partial charge in [-0.3, -0.25) is 4.79 Å². The number of ketones is 1. The highest BCUT2D eigenvalue weighted by molar-refractivity contribution is 5.81. The number of benzene rings is 2. The first kappa shape index (κ1) is 24.3. The van der Waals surface area contributed by atoms with Gasteiger partial charge in [0.25, 0.3) is 0 Å². The van der Waals surface area contributed by atoms with Crippen LogP contribution in [-0.2, 0) is 14.3 Å². The number of piperidine rings is 2. The van der Waals surface area contributed by atoms with Crippen molar-refractivity contribution in [3.05, 3.63) is 60.7 Å². The minimum Gasteiger partial charge on any atom is -0.371 e. The second-order valence-corrected chi connectivity index (χ2v) is 8.50. The topological polar surface area (TPSA) is 42.0 Å². The zero-order valence-electron chi connectivity index (χ0n) is 19.7. The van der Waals surface area contributed by atoms with Gasteiger partial charge in [0.15, 0.2) is 5.79 Å². The van der Waals surface area contributed by atoms with E-state index in [9.17, 15) is 4.79 Å². The number of hydrogen-bond donors (Lipinski definition) is 0. The summed E-state index contributed by atoms with van der Waals surface area (Å²) < 4.78 is 11.4. The van der Waals surface area contributed by atoms with Crippen molar-refractivity contribution in [3.63, 3.8) is 0 Å². The smallest absolute Gasteiger partial charge is 0.171 e. The molecule has 0 saturated carbocycles. The second kappa shape index (κ2) is 12.6. The fourth-order valence-electron chi connectivity index (χ4n) is 4.18. The van der Waals surface area contributed by atoms with Crippen molar-refractivity contribution in [1.82, 2.24) is 0 Å². The van der Waals surface area contributed by atoms with Crippen LogP contribution in [0, 0.1) is 0 Å². The Hall–Kier alpha value is -2.37. The summed E-state index contributed by atoms with van der Waals surface area (Å²) >= 11 is 0. The average molecular weight is 439 g/mol. The minimum absolute atomic E-state index is 0.259. The molecule has 3 heterocycles. The second-order valence-electron chi connectivity index (χ2n) is 8.50. The first-order chi connectivity index (χ1) is 15.7. The summed E-state index contributed by atoms with van der Waals surface area (Å²) in [7, 11) is 0. The molecular weight excluding hydrogens is 400 g/mol. The molecular formula is C27H38N2O3. The summed E-state index contributed by atoms with van der Waals surface area (Å²) in [6.07, 6.45) is 4.60. The predicted octanol–water partition coefficient (Wildman–Crippen LogP) is 5.30. The lowest BCUT2D eigenvalue weighted by molar-refractivity contribution is -0.169. The van der Waals surface area contributed by atoms with Crippen LogP contribution in [-0.4, -0.2) is 51.0 Å². The molecule has 2 aromatic rings. The molecule has 2 aromatic carbocycles. The van der Waals surface area contributed by atoms with Crippen molar-refractivity contribution in [3.8, 4) is 0 Å². The Balaban J connectivity index is 0.000000164. The van der Waals surface area contributed by atoms with Crippen LogP contribution >= 0.6 is 0 Å². The molecule has 0 bridgehead atoms. The van der Waals surface area contributed by atoms with E-state index in [1.165, 1.54) is 17.8 Å². The van der Waals surface area contributed by atoms with Crippen molar-refractivity contribution >= 4 is 17.2 Å². The number of ether oxygens (including phenoxy) is 2. The molecule has 0 radical (unpaired) electrons. The van der Waals surface area contributed by atoms with Gasteiger partial charge in [-0.15, -0.1) is 0 Å². The van der Waals surface area contributed by atoms with E-state index in [-0.39, 0.29) is 5.79 Å². The molecule has 5 rings (SSSR count). The molecule has 3 saturated heterocycles. The predicted molar refractivity (Wildman–Crippen MR) is 131 cm³/mol. The fraction of sp³-hybridized carbons (Fsp3) is 0.519. The molecule has 3 aliphatic rings. The van der Waals surface area contributed by atoms with Gasteiger partial charge in [-0.05, 0) is 24.3 Å². The number of rotatable bonds is 2. The van der Waals surface area contributed by atoms with Crippen molar-refractivity contribution in [2.45, 2.75) is 51.7 Å². The summed E-state index contributed by atoms with van der Waals surface area (Å²) in [5.41, 5.74) is 2.53. The molecule has 0 atom stereocenters. The molecule has 0 unspecified atom stereocenters. The monoisotopic (exact) mass is 438 g/mol. The van der Waals surface area contributed by atoms with Crippen molar-refractivity contribution in [2.75, 3.05) is 49.2 Å². The van der Waals surface area contributed by atoms with E-state index < -0.39 is 0 Å². The summed E-state index contributed by atoms with van der Waals surface area (Å²) in [4.78, 5) is 15.7. The highest BCUT2D eigenvalue weighted by Gasteiger charge is 2.39. The normalized spacial score (nSPS) is 19.6. The van der Waals surface area contributed by atoms with Crippen LogP contribution in [0.2, 0.25) is 0 Å². The number of carbonyl (C=O) groups is 1. The highest BCUT2D eigenvalue weighted by atomic mass is 16.7. The molecule has 174 valence electrons. The van der Waals surface area contributed by atoms with Crippen LogP contribution in [0.5, 0.6) is 0 Å². The van der Waals surface area contributed by atoms with Crippen LogP contribution in [0.1, 0.15) is 46.0 Å². The van der Waals surface area contributed by atoms with Gasteiger partial charge >= 0.3 is 0 Å². The number of anilines is 2. The third kappa shape index (κ3) is 7.07.